The fourth-order valence-corrected chi connectivity index (χ4v) is 1.43. The summed E-state index contributed by atoms with van der Waals surface area (Å²) in [5, 5.41) is 2.86. The first-order valence-electron chi connectivity index (χ1n) is 4.09. The van der Waals surface area contributed by atoms with Gasteiger partial charge in [-0.25, -0.2) is 8.42 Å². The number of sulfone groups is 1. The van der Waals surface area contributed by atoms with Crippen molar-refractivity contribution in [3.05, 3.63) is 0 Å². The van der Waals surface area contributed by atoms with Crippen molar-refractivity contribution in [3.63, 3.8) is 0 Å². The topological polar surface area (TPSA) is 46.2 Å². The van der Waals surface area contributed by atoms with Gasteiger partial charge in [0.15, 0.2) is 9.84 Å². The standard InChI is InChI=1S/C7H16FNO2S/c1-2-12(10,11)7-6-9-5-3-4-8/h9H,2-7H2,1H3. The molecule has 0 aliphatic carbocycles. The van der Waals surface area contributed by atoms with Crippen molar-refractivity contribution in [3.8, 4) is 0 Å². The molecule has 5 heteroatoms. The van der Waals surface area contributed by atoms with E-state index in [-0.39, 0.29) is 18.2 Å². The molecule has 0 aromatic heterocycles. The van der Waals surface area contributed by atoms with E-state index >= 15 is 0 Å². The summed E-state index contributed by atoms with van der Waals surface area (Å²) in [5.41, 5.74) is 0. The summed E-state index contributed by atoms with van der Waals surface area (Å²) in [6.45, 7) is 2.25. The highest BCUT2D eigenvalue weighted by Crippen LogP contribution is 1.87. The Balaban J connectivity index is 3.32. The first-order valence-corrected chi connectivity index (χ1v) is 5.91. The van der Waals surface area contributed by atoms with Gasteiger partial charge in [0.1, 0.15) is 0 Å². The van der Waals surface area contributed by atoms with Crippen LogP contribution in [0.1, 0.15) is 13.3 Å². The Morgan fingerprint density at radius 1 is 1.33 bits per heavy atom. The molecule has 1 N–H and O–H groups in total. The van der Waals surface area contributed by atoms with Crippen LogP contribution in [0.25, 0.3) is 0 Å². The van der Waals surface area contributed by atoms with Gasteiger partial charge in [0.05, 0.1) is 12.4 Å². The van der Waals surface area contributed by atoms with Gasteiger partial charge in [-0.1, -0.05) is 6.92 Å². The predicted molar refractivity (Wildman–Crippen MR) is 47.8 cm³/mol. The lowest BCUT2D eigenvalue weighted by molar-refractivity contribution is 0.462. The Bertz CT molecular complexity index is 192. The van der Waals surface area contributed by atoms with E-state index in [1.54, 1.807) is 6.92 Å². The van der Waals surface area contributed by atoms with Crippen LogP contribution in [0.5, 0.6) is 0 Å². The van der Waals surface area contributed by atoms with Crippen molar-refractivity contribution in [1.29, 1.82) is 0 Å². The molecule has 0 aliphatic heterocycles. The molecule has 0 bridgehead atoms. The minimum atomic E-state index is -2.86. The first-order chi connectivity index (χ1) is 5.62. The molecule has 0 spiro atoms. The molecule has 0 heterocycles. The molecule has 0 saturated carbocycles. The number of nitrogens with one attached hydrogen (secondary N) is 1. The van der Waals surface area contributed by atoms with Crippen molar-refractivity contribution in [2.24, 2.45) is 0 Å². The van der Waals surface area contributed by atoms with E-state index in [1.807, 2.05) is 0 Å². The lowest BCUT2D eigenvalue weighted by Gasteiger charge is -2.02. The SMILES string of the molecule is CCS(=O)(=O)CCNCCCF. The Labute approximate surface area is 73.3 Å². The minimum absolute atomic E-state index is 0.149. The van der Waals surface area contributed by atoms with Crippen LogP contribution in [0.15, 0.2) is 0 Å². The van der Waals surface area contributed by atoms with Crippen molar-refractivity contribution in [2.45, 2.75) is 13.3 Å². The molecule has 3 nitrogen and oxygen atoms in total. The van der Waals surface area contributed by atoms with Gasteiger partial charge in [-0.15, -0.1) is 0 Å². The molecule has 0 fully saturated rings. The monoisotopic (exact) mass is 197 g/mol. The molecule has 0 unspecified atom stereocenters. The highest BCUT2D eigenvalue weighted by atomic mass is 32.2. The normalized spacial score (nSPS) is 11.8. The van der Waals surface area contributed by atoms with Crippen LogP contribution in [-0.2, 0) is 9.84 Å². The van der Waals surface area contributed by atoms with E-state index in [9.17, 15) is 12.8 Å². The van der Waals surface area contributed by atoms with Gasteiger partial charge in [0.2, 0.25) is 0 Å². The molecule has 0 rings (SSSR count). The number of halogens is 1. The predicted octanol–water partition coefficient (Wildman–Crippen LogP) is 0.370. The Hall–Kier alpha value is -0.160. The van der Waals surface area contributed by atoms with E-state index in [2.05, 4.69) is 5.32 Å². The van der Waals surface area contributed by atoms with E-state index in [0.717, 1.165) is 0 Å². The average Bonchev–Trinajstić information content (AvgIpc) is 2.04. The number of alkyl halides is 1. The lowest BCUT2D eigenvalue weighted by atomic mass is 10.5. The fraction of sp³-hybridized carbons (Fsp3) is 1.00. The van der Waals surface area contributed by atoms with Crippen LogP contribution in [0.3, 0.4) is 0 Å². The van der Waals surface area contributed by atoms with Crippen LogP contribution >= 0.6 is 0 Å². The third-order valence-electron chi connectivity index (χ3n) is 1.52. The quantitative estimate of drug-likeness (QED) is 0.600. The number of hydrogen-bond donors (Lipinski definition) is 1. The van der Waals surface area contributed by atoms with Gasteiger partial charge in [-0.3, -0.25) is 4.39 Å². The van der Waals surface area contributed by atoms with E-state index in [0.29, 0.717) is 19.5 Å². The summed E-state index contributed by atoms with van der Waals surface area (Å²) in [6.07, 6.45) is 0.451. The zero-order chi connectivity index (χ0) is 9.45. The van der Waals surface area contributed by atoms with Crippen molar-refractivity contribution >= 4 is 9.84 Å². The van der Waals surface area contributed by atoms with Crippen LogP contribution in [0, 0.1) is 0 Å². The van der Waals surface area contributed by atoms with Gasteiger partial charge < -0.3 is 5.32 Å². The number of hydrogen-bond acceptors (Lipinski definition) is 3. The highest BCUT2D eigenvalue weighted by Gasteiger charge is 2.05. The van der Waals surface area contributed by atoms with Crippen LogP contribution in [0.4, 0.5) is 4.39 Å². The first kappa shape index (κ1) is 11.8. The Morgan fingerprint density at radius 3 is 2.50 bits per heavy atom. The van der Waals surface area contributed by atoms with E-state index in [1.165, 1.54) is 0 Å². The molecular formula is C7H16FNO2S. The van der Waals surface area contributed by atoms with Crippen molar-refractivity contribution < 1.29 is 12.8 Å². The van der Waals surface area contributed by atoms with Crippen molar-refractivity contribution in [1.82, 2.24) is 5.32 Å². The molecule has 74 valence electrons. The molecule has 0 radical (unpaired) electrons. The zero-order valence-electron chi connectivity index (χ0n) is 7.35. The summed E-state index contributed by atoms with van der Waals surface area (Å²) < 4.78 is 33.4. The summed E-state index contributed by atoms with van der Waals surface area (Å²) in [7, 11) is -2.86. The molecule has 0 aliphatic rings. The zero-order valence-corrected chi connectivity index (χ0v) is 8.16. The molecule has 0 atom stereocenters. The minimum Gasteiger partial charge on any atom is -0.316 e. The van der Waals surface area contributed by atoms with Gasteiger partial charge in [-0.2, -0.15) is 0 Å². The maximum atomic E-state index is 11.6. The van der Waals surface area contributed by atoms with Crippen LogP contribution < -0.4 is 5.32 Å². The number of rotatable bonds is 7. The summed E-state index contributed by atoms with van der Waals surface area (Å²) in [4.78, 5) is 0. The molecule has 0 amide bonds. The molecule has 0 aromatic carbocycles. The summed E-state index contributed by atoms with van der Waals surface area (Å²) in [5.74, 6) is 0.327. The van der Waals surface area contributed by atoms with Gasteiger partial charge >= 0.3 is 0 Å². The third kappa shape index (κ3) is 6.54. The van der Waals surface area contributed by atoms with Gasteiger partial charge in [0.25, 0.3) is 0 Å². The largest absolute Gasteiger partial charge is 0.316 e. The average molecular weight is 197 g/mol. The maximum absolute atomic E-state index is 11.6. The Kier molecular flexibility index (Phi) is 6.28. The summed E-state index contributed by atoms with van der Waals surface area (Å²) in [6, 6.07) is 0. The smallest absolute Gasteiger partial charge is 0.151 e. The van der Waals surface area contributed by atoms with Crippen LogP contribution in [-0.4, -0.2) is 39.7 Å². The van der Waals surface area contributed by atoms with Crippen LogP contribution in [0.2, 0.25) is 0 Å². The molecular weight excluding hydrogens is 181 g/mol. The lowest BCUT2D eigenvalue weighted by Crippen LogP contribution is -2.24. The second kappa shape index (κ2) is 6.37. The van der Waals surface area contributed by atoms with E-state index < -0.39 is 9.84 Å². The molecule has 0 saturated heterocycles. The second-order valence-corrected chi connectivity index (χ2v) is 5.00. The van der Waals surface area contributed by atoms with Crippen molar-refractivity contribution in [2.75, 3.05) is 31.3 Å². The van der Waals surface area contributed by atoms with E-state index in [4.69, 9.17) is 0 Å². The van der Waals surface area contributed by atoms with Gasteiger partial charge in [-0.05, 0) is 13.0 Å². The third-order valence-corrected chi connectivity index (χ3v) is 3.22. The van der Waals surface area contributed by atoms with Gasteiger partial charge in [0, 0.05) is 12.3 Å². The fourth-order valence-electron chi connectivity index (χ4n) is 0.689. The molecule has 0 aromatic rings. The Morgan fingerprint density at radius 2 is 2.00 bits per heavy atom. The summed E-state index contributed by atoms with van der Waals surface area (Å²) >= 11 is 0. The molecule has 12 heavy (non-hydrogen) atoms. The highest BCUT2D eigenvalue weighted by molar-refractivity contribution is 7.91. The maximum Gasteiger partial charge on any atom is 0.151 e. The second-order valence-electron chi connectivity index (χ2n) is 2.53.